The van der Waals surface area contributed by atoms with Crippen molar-refractivity contribution < 1.29 is 0 Å². The van der Waals surface area contributed by atoms with Crippen molar-refractivity contribution in [3.63, 3.8) is 0 Å². The zero-order valence-corrected chi connectivity index (χ0v) is 18.6. The normalized spacial score (nSPS) is 18.8. The van der Waals surface area contributed by atoms with E-state index in [1.54, 1.807) is 0 Å². The molecule has 0 nitrogen and oxygen atoms in total. The van der Waals surface area contributed by atoms with Crippen LogP contribution in [0.1, 0.15) is 93.9 Å². The molecule has 0 saturated heterocycles. The highest BCUT2D eigenvalue weighted by atomic mass is 14.3. The van der Waals surface area contributed by atoms with E-state index in [1.165, 1.54) is 81.8 Å². The van der Waals surface area contributed by atoms with Crippen LogP contribution in [0, 0.1) is 23.7 Å². The lowest BCUT2D eigenvalue weighted by molar-refractivity contribution is 0.252. The van der Waals surface area contributed by atoms with Crippen molar-refractivity contribution in [1.82, 2.24) is 0 Å². The molecule has 29 heavy (non-hydrogen) atoms. The van der Waals surface area contributed by atoms with E-state index < -0.39 is 0 Å². The van der Waals surface area contributed by atoms with Crippen LogP contribution in [0.25, 0.3) is 0 Å². The molecule has 0 atom stereocenters. The molecule has 2 aromatic carbocycles. The Morgan fingerprint density at radius 1 is 0.621 bits per heavy atom. The predicted molar refractivity (Wildman–Crippen MR) is 126 cm³/mol. The fourth-order valence-electron chi connectivity index (χ4n) is 4.62. The molecule has 0 unspecified atom stereocenters. The topological polar surface area (TPSA) is 0 Å². The fraction of sp³-hybridized carbons (Fsp3) is 0.517. The van der Waals surface area contributed by atoms with Gasteiger partial charge in [0.2, 0.25) is 0 Å². The first-order valence-electron chi connectivity index (χ1n) is 12.0. The lowest BCUT2D eigenvalue weighted by atomic mass is 9.78. The van der Waals surface area contributed by atoms with Gasteiger partial charge in [-0.25, -0.2) is 0 Å². The summed E-state index contributed by atoms with van der Waals surface area (Å²) in [7, 11) is 0. The standard InChI is InChI=1S/C29H38/c1-3-5-7-25-10-14-27(15-11-25)17-19-29-22-20-28(21-23-29)18-16-26-12-8-24(6-4-2)9-13-26/h10-11,14-15,20-24,26H,3-9,12-13,16,18H2,1-2H3. The predicted octanol–water partition coefficient (Wildman–Crippen LogP) is 7.97. The Hall–Kier alpha value is -2.00. The summed E-state index contributed by atoms with van der Waals surface area (Å²) in [5.74, 6) is 8.60. The van der Waals surface area contributed by atoms with Crippen molar-refractivity contribution in [2.45, 2.75) is 84.5 Å². The van der Waals surface area contributed by atoms with Crippen LogP contribution in [0.15, 0.2) is 48.5 Å². The van der Waals surface area contributed by atoms with Crippen LogP contribution in [0.3, 0.4) is 0 Å². The second-order valence-corrected chi connectivity index (χ2v) is 8.96. The maximum absolute atomic E-state index is 3.32. The van der Waals surface area contributed by atoms with Gasteiger partial charge in [-0.15, -0.1) is 0 Å². The Kier molecular flexibility index (Phi) is 8.88. The number of hydrogen-bond donors (Lipinski definition) is 0. The van der Waals surface area contributed by atoms with Gasteiger partial charge in [0.05, 0.1) is 0 Å². The van der Waals surface area contributed by atoms with Crippen LogP contribution in [0.2, 0.25) is 0 Å². The molecule has 0 amide bonds. The summed E-state index contributed by atoms with van der Waals surface area (Å²) < 4.78 is 0. The van der Waals surface area contributed by atoms with Gasteiger partial charge >= 0.3 is 0 Å². The minimum atomic E-state index is 0.947. The zero-order chi connectivity index (χ0) is 20.3. The molecule has 1 fully saturated rings. The van der Waals surface area contributed by atoms with Crippen molar-refractivity contribution in [1.29, 1.82) is 0 Å². The minimum absolute atomic E-state index is 0.947. The van der Waals surface area contributed by atoms with Crippen LogP contribution >= 0.6 is 0 Å². The molecule has 0 bridgehead atoms. The second-order valence-electron chi connectivity index (χ2n) is 8.96. The molecule has 1 saturated carbocycles. The zero-order valence-electron chi connectivity index (χ0n) is 18.6. The monoisotopic (exact) mass is 386 g/mol. The molecule has 154 valence electrons. The molecule has 0 aliphatic heterocycles. The number of unbranched alkanes of at least 4 members (excludes halogenated alkanes) is 1. The summed E-state index contributed by atoms with van der Waals surface area (Å²) in [6, 6.07) is 17.7. The summed E-state index contributed by atoms with van der Waals surface area (Å²) in [6.45, 7) is 4.56. The van der Waals surface area contributed by atoms with Crippen molar-refractivity contribution in [2.75, 3.05) is 0 Å². The highest BCUT2D eigenvalue weighted by Gasteiger charge is 2.20. The second kappa shape index (κ2) is 11.9. The highest BCUT2D eigenvalue weighted by Crippen LogP contribution is 2.33. The Morgan fingerprint density at radius 3 is 1.59 bits per heavy atom. The van der Waals surface area contributed by atoms with Crippen molar-refractivity contribution in [3.05, 3.63) is 70.8 Å². The summed E-state index contributed by atoms with van der Waals surface area (Å²) >= 11 is 0. The van der Waals surface area contributed by atoms with Crippen LogP contribution in [-0.4, -0.2) is 0 Å². The first kappa shape index (κ1) is 21.7. The Balaban J connectivity index is 1.45. The average molecular weight is 387 g/mol. The molecule has 0 radical (unpaired) electrons. The quantitative estimate of drug-likeness (QED) is 0.403. The van der Waals surface area contributed by atoms with E-state index in [0.29, 0.717) is 0 Å². The summed E-state index contributed by atoms with van der Waals surface area (Å²) in [6.07, 6.45) is 14.9. The lowest BCUT2D eigenvalue weighted by Crippen LogP contribution is -2.15. The molecule has 2 aromatic rings. The summed E-state index contributed by atoms with van der Waals surface area (Å²) in [5.41, 5.74) is 5.10. The number of hydrogen-bond acceptors (Lipinski definition) is 0. The molecule has 3 rings (SSSR count). The van der Waals surface area contributed by atoms with Crippen molar-refractivity contribution in [3.8, 4) is 11.8 Å². The third kappa shape index (κ3) is 7.40. The van der Waals surface area contributed by atoms with E-state index in [-0.39, 0.29) is 0 Å². The first-order valence-corrected chi connectivity index (χ1v) is 12.0. The third-order valence-corrected chi connectivity index (χ3v) is 6.58. The van der Waals surface area contributed by atoms with E-state index in [1.807, 2.05) is 0 Å². The molecule has 0 heterocycles. The van der Waals surface area contributed by atoms with Gasteiger partial charge < -0.3 is 0 Å². The minimum Gasteiger partial charge on any atom is -0.0654 e. The smallest absolute Gasteiger partial charge is 0.0249 e. The van der Waals surface area contributed by atoms with Crippen LogP contribution in [-0.2, 0) is 12.8 Å². The summed E-state index contributed by atoms with van der Waals surface area (Å²) in [4.78, 5) is 0. The molecule has 0 spiro atoms. The molecule has 0 N–H and O–H groups in total. The van der Waals surface area contributed by atoms with Crippen molar-refractivity contribution >= 4 is 0 Å². The number of aryl methyl sites for hydroxylation is 2. The van der Waals surface area contributed by atoms with Crippen LogP contribution in [0.5, 0.6) is 0 Å². The van der Waals surface area contributed by atoms with E-state index in [9.17, 15) is 0 Å². The van der Waals surface area contributed by atoms with E-state index >= 15 is 0 Å². The van der Waals surface area contributed by atoms with Gasteiger partial charge in [0.25, 0.3) is 0 Å². The van der Waals surface area contributed by atoms with Gasteiger partial charge in [-0.05, 0) is 72.9 Å². The average Bonchev–Trinajstić information content (AvgIpc) is 2.77. The largest absolute Gasteiger partial charge is 0.0654 e. The Labute approximate surface area is 179 Å². The molecule has 0 aromatic heterocycles. The molecule has 1 aliphatic carbocycles. The molecular formula is C29H38. The molecule has 1 aliphatic rings. The molecule has 0 heteroatoms. The Bertz CT molecular complexity index is 762. The maximum atomic E-state index is 3.32. The number of benzene rings is 2. The SMILES string of the molecule is CCCCc1ccc(C#Cc2ccc(CCC3CCC(CCC)CC3)cc2)cc1. The number of rotatable bonds is 8. The van der Waals surface area contributed by atoms with Gasteiger partial charge in [-0.2, -0.15) is 0 Å². The van der Waals surface area contributed by atoms with E-state index in [2.05, 4.69) is 74.2 Å². The van der Waals surface area contributed by atoms with Gasteiger partial charge in [-0.1, -0.05) is 94.9 Å². The highest BCUT2D eigenvalue weighted by molar-refractivity contribution is 5.44. The van der Waals surface area contributed by atoms with Crippen LogP contribution in [0.4, 0.5) is 0 Å². The lowest BCUT2D eigenvalue weighted by Gasteiger charge is -2.28. The summed E-state index contributed by atoms with van der Waals surface area (Å²) in [5, 5.41) is 0. The molecular weight excluding hydrogens is 348 g/mol. The van der Waals surface area contributed by atoms with Gasteiger partial charge in [0, 0.05) is 11.1 Å². The van der Waals surface area contributed by atoms with E-state index in [0.717, 1.165) is 23.0 Å². The third-order valence-electron chi connectivity index (χ3n) is 6.58. The fourth-order valence-corrected chi connectivity index (χ4v) is 4.62. The van der Waals surface area contributed by atoms with Gasteiger partial charge in [0.1, 0.15) is 0 Å². The van der Waals surface area contributed by atoms with Crippen molar-refractivity contribution in [2.24, 2.45) is 11.8 Å². The maximum Gasteiger partial charge on any atom is 0.0249 e. The first-order chi connectivity index (χ1) is 14.3. The van der Waals surface area contributed by atoms with E-state index in [4.69, 9.17) is 0 Å². The van der Waals surface area contributed by atoms with Gasteiger partial charge in [0.15, 0.2) is 0 Å². The van der Waals surface area contributed by atoms with Gasteiger partial charge in [-0.3, -0.25) is 0 Å². The Morgan fingerprint density at radius 2 is 1.10 bits per heavy atom. The van der Waals surface area contributed by atoms with Crippen LogP contribution < -0.4 is 0 Å².